The summed E-state index contributed by atoms with van der Waals surface area (Å²) in [6, 6.07) is -0.187. The molecule has 0 saturated carbocycles. The van der Waals surface area contributed by atoms with Gasteiger partial charge in [-0.15, -0.1) is 0 Å². The maximum Gasteiger partial charge on any atom is 0.0253 e. The molecule has 2 N–H and O–H groups in total. The van der Waals surface area contributed by atoms with Gasteiger partial charge in [0.15, 0.2) is 0 Å². The Hall–Kier alpha value is 0.0700. The third kappa shape index (κ3) is 4.23. The Morgan fingerprint density at radius 3 is 2.50 bits per heavy atom. The predicted octanol–water partition coefficient (Wildman–Crippen LogP) is -0.397. The van der Waals surface area contributed by atoms with Gasteiger partial charge in [-0.25, -0.2) is 0 Å². The van der Waals surface area contributed by atoms with Crippen molar-refractivity contribution in [1.29, 1.82) is 0 Å². The third-order valence-electron chi connectivity index (χ3n) is 0.875. The van der Waals surface area contributed by atoms with Gasteiger partial charge in [0, 0.05) is 11.8 Å². The van der Waals surface area contributed by atoms with Crippen LogP contribution in [0.3, 0.4) is 0 Å². The van der Waals surface area contributed by atoms with Crippen molar-refractivity contribution < 1.29 is 8.76 Å². The quantitative estimate of drug-likeness (QED) is 0.537. The summed E-state index contributed by atoms with van der Waals surface area (Å²) < 4.78 is 19.8. The summed E-state index contributed by atoms with van der Waals surface area (Å²) in [5.41, 5.74) is 5.28. The summed E-state index contributed by atoms with van der Waals surface area (Å²) in [6.45, 7) is 1.86. The molecule has 0 aromatic rings. The van der Waals surface area contributed by atoms with Gasteiger partial charge in [0.05, 0.1) is 0 Å². The van der Waals surface area contributed by atoms with Gasteiger partial charge in [-0.3, -0.25) is 4.21 Å². The second-order valence-corrected chi connectivity index (χ2v) is 2.58. The molecule has 0 saturated heterocycles. The largest absolute Gasteiger partial charge is 0.772 e. The van der Waals surface area contributed by atoms with Gasteiger partial charge < -0.3 is 10.3 Å². The maximum absolute atomic E-state index is 9.89. The Bertz CT molecular complexity index is 86.1. The monoisotopic (exact) mass is 136 g/mol. The lowest BCUT2D eigenvalue weighted by Gasteiger charge is -2.09. The van der Waals surface area contributed by atoms with Gasteiger partial charge in [0.2, 0.25) is 0 Å². The molecular weight excluding hydrogens is 126 g/mol. The summed E-state index contributed by atoms with van der Waals surface area (Å²) in [4.78, 5) is 0. The first-order valence-corrected chi connectivity index (χ1v) is 3.72. The molecule has 0 rings (SSSR count). The fourth-order valence-corrected chi connectivity index (χ4v) is 0.878. The fraction of sp³-hybridized carbons (Fsp3) is 1.00. The van der Waals surface area contributed by atoms with Crippen LogP contribution in [-0.2, 0) is 11.1 Å². The van der Waals surface area contributed by atoms with Gasteiger partial charge in [-0.05, 0) is 6.42 Å². The highest BCUT2D eigenvalue weighted by Gasteiger charge is 1.95. The summed E-state index contributed by atoms with van der Waals surface area (Å²) in [5, 5.41) is 0. The van der Waals surface area contributed by atoms with E-state index in [2.05, 4.69) is 0 Å². The summed E-state index contributed by atoms with van der Waals surface area (Å²) in [5.74, 6) is 0.0799. The Morgan fingerprint density at radius 1 is 1.88 bits per heavy atom. The smallest absolute Gasteiger partial charge is 0.0253 e. The van der Waals surface area contributed by atoms with Gasteiger partial charge in [-0.2, -0.15) is 0 Å². The van der Waals surface area contributed by atoms with Crippen LogP contribution in [0.15, 0.2) is 0 Å². The number of nitrogens with two attached hydrogens (primary N) is 1. The van der Waals surface area contributed by atoms with Crippen LogP contribution in [0.1, 0.15) is 13.3 Å². The van der Waals surface area contributed by atoms with Crippen molar-refractivity contribution in [3.63, 3.8) is 0 Å². The molecule has 3 nitrogen and oxygen atoms in total. The van der Waals surface area contributed by atoms with Gasteiger partial charge in [0.25, 0.3) is 0 Å². The van der Waals surface area contributed by atoms with E-state index in [1.165, 1.54) is 0 Å². The highest BCUT2D eigenvalue weighted by molar-refractivity contribution is 7.79. The first-order valence-electron chi connectivity index (χ1n) is 2.48. The zero-order chi connectivity index (χ0) is 6.57. The van der Waals surface area contributed by atoms with E-state index >= 15 is 0 Å². The minimum atomic E-state index is -1.97. The number of hydrogen-bond donors (Lipinski definition) is 1. The topological polar surface area (TPSA) is 66.2 Å². The molecule has 2 unspecified atom stereocenters. The zero-order valence-corrected chi connectivity index (χ0v) is 5.61. The van der Waals surface area contributed by atoms with Crippen molar-refractivity contribution in [2.75, 3.05) is 5.75 Å². The molecule has 8 heavy (non-hydrogen) atoms. The lowest BCUT2D eigenvalue weighted by atomic mass is 10.3. The van der Waals surface area contributed by atoms with E-state index in [0.29, 0.717) is 6.42 Å². The third-order valence-corrected chi connectivity index (χ3v) is 1.57. The Balaban J connectivity index is 3.24. The first kappa shape index (κ1) is 8.07. The molecule has 0 aliphatic heterocycles. The molecule has 0 aliphatic carbocycles. The summed E-state index contributed by atoms with van der Waals surface area (Å²) in [6.07, 6.45) is 0.716. The van der Waals surface area contributed by atoms with E-state index in [1.807, 2.05) is 6.92 Å². The molecule has 0 heterocycles. The van der Waals surface area contributed by atoms with Crippen LogP contribution < -0.4 is 5.73 Å². The molecule has 0 bridgehead atoms. The second-order valence-electron chi connectivity index (χ2n) is 1.64. The molecule has 2 atom stereocenters. The normalized spacial score (nSPS) is 17.9. The Labute approximate surface area is 51.6 Å². The molecule has 0 spiro atoms. The Morgan fingerprint density at radius 2 is 2.38 bits per heavy atom. The average molecular weight is 136 g/mol. The summed E-state index contributed by atoms with van der Waals surface area (Å²) >= 11 is -1.97. The minimum Gasteiger partial charge on any atom is -0.772 e. The van der Waals surface area contributed by atoms with E-state index in [4.69, 9.17) is 5.73 Å². The minimum absolute atomic E-state index is 0.0799. The van der Waals surface area contributed by atoms with Crippen molar-refractivity contribution in [3.8, 4) is 0 Å². The lowest BCUT2D eigenvalue weighted by molar-refractivity contribution is 0.528. The Kier molecular flexibility index (Phi) is 4.03. The van der Waals surface area contributed by atoms with Crippen molar-refractivity contribution in [1.82, 2.24) is 0 Å². The van der Waals surface area contributed by atoms with E-state index < -0.39 is 11.1 Å². The predicted molar refractivity (Wildman–Crippen MR) is 32.1 cm³/mol. The zero-order valence-electron chi connectivity index (χ0n) is 4.79. The van der Waals surface area contributed by atoms with E-state index in [1.54, 1.807) is 0 Å². The number of rotatable bonds is 3. The maximum atomic E-state index is 9.89. The van der Waals surface area contributed by atoms with Crippen LogP contribution in [-0.4, -0.2) is 20.6 Å². The van der Waals surface area contributed by atoms with Gasteiger partial charge in [0.1, 0.15) is 0 Å². The van der Waals surface area contributed by atoms with E-state index in [9.17, 15) is 8.76 Å². The standard InChI is InChI=1S/C4H11NO2S/c1-2-4(5)3-8(6)7/h4H,2-3,5H2,1H3,(H,6,7)/p-1. The molecule has 0 aromatic carbocycles. The van der Waals surface area contributed by atoms with Crippen molar-refractivity contribution in [2.45, 2.75) is 19.4 Å². The molecule has 0 amide bonds. The molecule has 0 aliphatic rings. The molecule has 0 radical (unpaired) electrons. The van der Waals surface area contributed by atoms with Crippen LogP contribution in [0.25, 0.3) is 0 Å². The van der Waals surface area contributed by atoms with E-state index in [0.717, 1.165) is 0 Å². The van der Waals surface area contributed by atoms with Crippen LogP contribution in [0.4, 0.5) is 0 Å². The molecular formula is C4H10NO2S-. The van der Waals surface area contributed by atoms with Crippen LogP contribution in [0.2, 0.25) is 0 Å². The number of hydrogen-bond acceptors (Lipinski definition) is 3. The van der Waals surface area contributed by atoms with Gasteiger partial charge >= 0.3 is 0 Å². The molecule has 50 valence electrons. The van der Waals surface area contributed by atoms with Crippen LogP contribution in [0, 0.1) is 0 Å². The van der Waals surface area contributed by atoms with Gasteiger partial charge in [-0.1, -0.05) is 18.0 Å². The van der Waals surface area contributed by atoms with Crippen molar-refractivity contribution >= 4 is 11.1 Å². The highest BCUT2D eigenvalue weighted by atomic mass is 32.2. The molecule has 4 heteroatoms. The second kappa shape index (κ2) is 4.00. The average Bonchev–Trinajstić information content (AvgIpc) is 1.65. The van der Waals surface area contributed by atoms with Crippen LogP contribution >= 0.6 is 0 Å². The van der Waals surface area contributed by atoms with E-state index in [-0.39, 0.29) is 11.8 Å². The fourth-order valence-electron chi connectivity index (χ4n) is 0.293. The highest BCUT2D eigenvalue weighted by Crippen LogP contribution is 1.86. The lowest BCUT2D eigenvalue weighted by Crippen LogP contribution is -2.25. The SMILES string of the molecule is CCC(N)CS(=O)[O-]. The summed E-state index contributed by atoms with van der Waals surface area (Å²) in [7, 11) is 0. The first-order chi connectivity index (χ1) is 3.66. The molecule has 0 fully saturated rings. The van der Waals surface area contributed by atoms with Crippen LogP contribution in [0.5, 0.6) is 0 Å². The van der Waals surface area contributed by atoms with Crippen molar-refractivity contribution in [3.05, 3.63) is 0 Å². The van der Waals surface area contributed by atoms with Crippen molar-refractivity contribution in [2.24, 2.45) is 5.73 Å². The molecule has 0 aromatic heterocycles.